The lowest BCUT2D eigenvalue weighted by atomic mass is 9.67. The van der Waals surface area contributed by atoms with Crippen LogP contribution >= 0.6 is 0 Å². The van der Waals surface area contributed by atoms with Crippen LogP contribution in [0.1, 0.15) is 63.9 Å². The van der Waals surface area contributed by atoms with Crippen molar-refractivity contribution in [3.8, 4) is 5.75 Å². The third-order valence-electron chi connectivity index (χ3n) is 9.67. The number of aliphatic carboxylic acids is 1. The summed E-state index contributed by atoms with van der Waals surface area (Å²) in [5, 5.41) is 19.9. The van der Waals surface area contributed by atoms with E-state index in [0.29, 0.717) is 24.3 Å². The Morgan fingerprint density at radius 2 is 1.83 bits per heavy atom. The summed E-state index contributed by atoms with van der Waals surface area (Å²) in [7, 11) is 0. The number of amides is 1. The fourth-order valence-corrected chi connectivity index (χ4v) is 6.84. The van der Waals surface area contributed by atoms with Gasteiger partial charge in [0.15, 0.2) is 0 Å². The van der Waals surface area contributed by atoms with Crippen molar-refractivity contribution in [3.63, 3.8) is 0 Å². The van der Waals surface area contributed by atoms with Crippen LogP contribution in [0.2, 0.25) is 0 Å². The first kappa shape index (κ1) is 30.5. The first-order valence-electron chi connectivity index (χ1n) is 14.6. The van der Waals surface area contributed by atoms with Crippen molar-refractivity contribution < 1.29 is 42.1 Å². The van der Waals surface area contributed by atoms with Crippen molar-refractivity contribution >= 4 is 17.4 Å². The largest absolute Gasteiger partial charge is 0.492 e. The number of carboxylic acid groups (broad SMARTS) is 1. The van der Waals surface area contributed by atoms with E-state index in [9.17, 15) is 33.0 Å². The Kier molecular flexibility index (Phi) is 8.21. The number of hydrogen-bond donors (Lipinski definition) is 2. The molecule has 0 bridgehead atoms. The topological polar surface area (TPSA) is 90.3 Å². The lowest BCUT2D eigenvalue weighted by molar-refractivity contribution is -0.258. The Bertz CT molecular complexity index is 1240. The van der Waals surface area contributed by atoms with Crippen LogP contribution in [0.25, 0.3) is 5.57 Å². The predicted octanol–water partition coefficient (Wildman–Crippen LogP) is 5.14. The molecule has 2 saturated heterocycles. The number of β-amino-alcohol motifs (C(OH)–C–C–N with tert-alkyl or cyclic N) is 1. The molecule has 230 valence electrons. The predicted molar refractivity (Wildman–Crippen MR) is 147 cm³/mol. The highest BCUT2D eigenvalue weighted by Crippen LogP contribution is 2.54. The van der Waals surface area contributed by atoms with Gasteiger partial charge in [-0.05, 0) is 56.8 Å². The van der Waals surface area contributed by atoms with Gasteiger partial charge < -0.3 is 19.8 Å². The van der Waals surface area contributed by atoms with Crippen LogP contribution in [0, 0.1) is 5.41 Å². The number of likely N-dealkylation sites (tertiary alicyclic amines) is 2. The Hall–Kier alpha value is -2.92. The van der Waals surface area contributed by atoms with E-state index in [0.717, 1.165) is 24.2 Å². The molecule has 1 amide bonds. The zero-order chi connectivity index (χ0) is 30.3. The number of carboxylic acids is 1. The molecule has 1 aromatic carbocycles. The quantitative estimate of drug-likeness (QED) is 0.405. The van der Waals surface area contributed by atoms with Crippen LogP contribution in [-0.2, 0) is 9.59 Å². The highest BCUT2D eigenvalue weighted by atomic mass is 19.4. The standard InChI is InChI=1S/C31H38F4N2O5/c1-28(27(40)41)17-23(38)18-37(28)26(39)30(32)15-4-2-8-25(30)21-9-11-24(12-10-21)42-19-22-7-3-5-16-36(22)20-29(13-6-14-29)31(33,34)35/h2,4,8-12,22-23,38H,3,5-7,13-20H2,1H3,(H,40,41)/t22?,23-,28+,30?/m1/s1. The number of alkyl halides is 4. The normalized spacial score (nSPS) is 31.4. The van der Waals surface area contributed by atoms with E-state index < -0.39 is 40.8 Å². The number of ether oxygens (including phenoxy) is 1. The second kappa shape index (κ2) is 11.3. The fourth-order valence-electron chi connectivity index (χ4n) is 6.84. The van der Waals surface area contributed by atoms with Gasteiger partial charge in [-0.1, -0.05) is 43.2 Å². The maximum Gasteiger partial charge on any atom is 0.395 e. The zero-order valence-corrected chi connectivity index (χ0v) is 23.7. The summed E-state index contributed by atoms with van der Waals surface area (Å²) in [6.07, 6.45) is 2.30. The third kappa shape index (κ3) is 5.45. The van der Waals surface area contributed by atoms with Crippen LogP contribution in [0.15, 0.2) is 42.5 Å². The van der Waals surface area contributed by atoms with Gasteiger partial charge in [-0.25, -0.2) is 9.18 Å². The average molecular weight is 595 g/mol. The number of piperidine rings is 1. The van der Waals surface area contributed by atoms with Gasteiger partial charge in [-0.2, -0.15) is 13.2 Å². The lowest BCUT2D eigenvalue weighted by Gasteiger charge is -2.48. The molecular formula is C31H38F4N2O5. The molecule has 42 heavy (non-hydrogen) atoms. The summed E-state index contributed by atoms with van der Waals surface area (Å²) in [6.45, 7) is 1.86. The molecule has 1 aromatic rings. The van der Waals surface area contributed by atoms with Gasteiger partial charge in [0.05, 0.1) is 11.5 Å². The van der Waals surface area contributed by atoms with Crippen LogP contribution in [0.3, 0.4) is 0 Å². The number of allylic oxidation sites excluding steroid dienone is 3. The van der Waals surface area contributed by atoms with Crippen molar-refractivity contribution in [1.82, 2.24) is 9.80 Å². The van der Waals surface area contributed by atoms with Crippen molar-refractivity contribution in [3.05, 3.63) is 48.1 Å². The SMILES string of the molecule is C[C@@]1(C(=O)O)C[C@@H](O)CN1C(=O)C1(F)CC=CC=C1c1ccc(OCC2CCCCN2CC2(C(F)(F)F)CCC2)cc1. The van der Waals surface area contributed by atoms with Crippen molar-refractivity contribution in [1.29, 1.82) is 0 Å². The molecule has 2 aliphatic carbocycles. The Morgan fingerprint density at radius 1 is 1.12 bits per heavy atom. The highest BCUT2D eigenvalue weighted by Gasteiger charge is 2.59. The number of rotatable bonds is 8. The maximum absolute atomic E-state index is 16.6. The molecule has 4 aliphatic rings. The zero-order valence-electron chi connectivity index (χ0n) is 23.7. The number of nitrogens with zero attached hydrogens (tertiary/aromatic N) is 2. The molecule has 2 heterocycles. The summed E-state index contributed by atoms with van der Waals surface area (Å²) in [6, 6.07) is 6.36. The molecule has 0 aromatic heterocycles. The minimum atomic E-state index is -4.22. The second-order valence-electron chi connectivity index (χ2n) is 12.5. The average Bonchev–Trinajstić information content (AvgIpc) is 3.24. The molecule has 2 aliphatic heterocycles. The minimum absolute atomic E-state index is 0.00722. The van der Waals surface area contributed by atoms with E-state index in [1.54, 1.807) is 30.3 Å². The first-order chi connectivity index (χ1) is 19.8. The van der Waals surface area contributed by atoms with Gasteiger partial charge in [0.25, 0.3) is 5.91 Å². The molecule has 2 unspecified atom stereocenters. The Labute approximate surface area is 242 Å². The molecule has 0 spiro atoms. The molecule has 4 atom stereocenters. The monoisotopic (exact) mass is 594 g/mol. The number of aliphatic hydroxyl groups is 1. The van der Waals surface area contributed by atoms with Gasteiger partial charge in [0.1, 0.15) is 17.9 Å². The van der Waals surface area contributed by atoms with Crippen LogP contribution in [0.5, 0.6) is 5.75 Å². The number of carbonyl (C=O) groups excluding carboxylic acids is 1. The van der Waals surface area contributed by atoms with Crippen LogP contribution < -0.4 is 4.74 Å². The van der Waals surface area contributed by atoms with E-state index >= 15 is 4.39 Å². The molecule has 3 fully saturated rings. The van der Waals surface area contributed by atoms with Gasteiger partial charge >= 0.3 is 12.1 Å². The smallest absolute Gasteiger partial charge is 0.395 e. The third-order valence-corrected chi connectivity index (χ3v) is 9.67. The van der Waals surface area contributed by atoms with E-state index in [1.807, 2.05) is 4.90 Å². The summed E-state index contributed by atoms with van der Waals surface area (Å²) in [4.78, 5) is 28.3. The Balaban J connectivity index is 1.28. The highest BCUT2D eigenvalue weighted by molar-refractivity contribution is 6.03. The van der Waals surface area contributed by atoms with Crippen molar-refractivity contribution in [2.75, 3.05) is 26.2 Å². The molecule has 2 N–H and O–H groups in total. The molecule has 0 radical (unpaired) electrons. The van der Waals surface area contributed by atoms with Gasteiger partial charge in [-0.15, -0.1) is 0 Å². The van der Waals surface area contributed by atoms with E-state index in [2.05, 4.69) is 0 Å². The number of carbonyl (C=O) groups is 2. The number of aliphatic hydroxyl groups excluding tert-OH is 1. The number of halogens is 4. The number of benzene rings is 1. The maximum atomic E-state index is 16.6. The molecule has 1 saturated carbocycles. The van der Waals surface area contributed by atoms with Crippen molar-refractivity contribution in [2.45, 2.75) is 87.8 Å². The molecule has 11 heteroatoms. The van der Waals surface area contributed by atoms with Crippen LogP contribution in [-0.4, -0.2) is 87.7 Å². The second-order valence-corrected chi connectivity index (χ2v) is 12.5. The van der Waals surface area contributed by atoms with E-state index in [1.165, 1.54) is 19.1 Å². The van der Waals surface area contributed by atoms with Gasteiger partial charge in [0, 0.05) is 37.5 Å². The van der Waals surface area contributed by atoms with Gasteiger partial charge in [0.2, 0.25) is 5.67 Å². The number of hydrogen-bond acceptors (Lipinski definition) is 5. The fraction of sp³-hybridized carbons (Fsp3) is 0.613. The Morgan fingerprint density at radius 3 is 2.45 bits per heavy atom. The van der Waals surface area contributed by atoms with Gasteiger partial charge in [-0.3, -0.25) is 9.69 Å². The summed E-state index contributed by atoms with van der Waals surface area (Å²) >= 11 is 0. The molecule has 5 rings (SSSR count). The lowest BCUT2D eigenvalue weighted by Crippen LogP contribution is -2.57. The molecular weight excluding hydrogens is 556 g/mol. The van der Waals surface area contributed by atoms with E-state index in [4.69, 9.17) is 4.74 Å². The summed E-state index contributed by atoms with van der Waals surface area (Å²) in [5.41, 5.74) is -5.40. The molecule has 7 nitrogen and oxygen atoms in total. The summed E-state index contributed by atoms with van der Waals surface area (Å²) < 4.78 is 64.0. The van der Waals surface area contributed by atoms with Crippen LogP contribution in [0.4, 0.5) is 17.6 Å². The summed E-state index contributed by atoms with van der Waals surface area (Å²) in [5.74, 6) is -1.85. The van der Waals surface area contributed by atoms with E-state index in [-0.39, 0.29) is 57.0 Å². The minimum Gasteiger partial charge on any atom is -0.492 e. The first-order valence-corrected chi connectivity index (χ1v) is 14.6. The van der Waals surface area contributed by atoms with Crippen molar-refractivity contribution in [2.24, 2.45) is 5.41 Å².